The van der Waals surface area contributed by atoms with Crippen molar-refractivity contribution in [2.75, 3.05) is 57.3 Å². The molecule has 2 aliphatic heterocycles. The normalized spacial score (nSPS) is 17.8. The minimum atomic E-state index is 0.0629. The number of nitrogens with one attached hydrogen (secondary N) is 1. The fourth-order valence-electron chi connectivity index (χ4n) is 5.17. The van der Waals surface area contributed by atoms with Crippen LogP contribution in [0.25, 0.3) is 10.2 Å². The maximum absolute atomic E-state index is 13.3. The van der Waals surface area contributed by atoms with Crippen molar-refractivity contribution in [3.63, 3.8) is 0 Å². The maximum Gasteiger partial charge on any atom is 0.234 e. The highest BCUT2D eigenvalue weighted by Crippen LogP contribution is 2.31. The summed E-state index contributed by atoms with van der Waals surface area (Å²) in [7, 11) is 0. The number of aromatic nitrogens is 1. The van der Waals surface area contributed by atoms with Gasteiger partial charge in [0.2, 0.25) is 11.8 Å². The monoisotopic (exact) mass is 505 g/mol. The molecule has 1 N–H and O–H groups in total. The molecule has 0 atom stereocenters. The van der Waals surface area contributed by atoms with Crippen LogP contribution in [0.1, 0.15) is 24.8 Å². The first-order valence-corrected chi connectivity index (χ1v) is 13.9. The number of nitrogens with zero attached hydrogens (tertiary/aromatic N) is 4. The maximum atomic E-state index is 13.3. The summed E-state index contributed by atoms with van der Waals surface area (Å²) in [5.41, 5.74) is 2.28. The smallest absolute Gasteiger partial charge is 0.234 e. The van der Waals surface area contributed by atoms with Gasteiger partial charge in [0.1, 0.15) is 0 Å². The van der Waals surface area contributed by atoms with Crippen LogP contribution >= 0.6 is 11.3 Å². The Bertz CT molecular complexity index is 1130. The number of thiazole rings is 1. The van der Waals surface area contributed by atoms with Gasteiger partial charge in [0.05, 0.1) is 16.8 Å². The number of hydrogen-bond donors (Lipinski definition) is 1. The molecule has 36 heavy (non-hydrogen) atoms. The second-order valence-corrected chi connectivity index (χ2v) is 10.8. The van der Waals surface area contributed by atoms with Crippen LogP contribution < -0.4 is 10.2 Å². The van der Waals surface area contributed by atoms with E-state index in [-0.39, 0.29) is 17.7 Å². The van der Waals surface area contributed by atoms with Crippen molar-refractivity contribution in [1.82, 2.24) is 20.1 Å². The van der Waals surface area contributed by atoms with Crippen LogP contribution in [0, 0.1) is 5.92 Å². The number of hydrogen-bond acceptors (Lipinski definition) is 6. The lowest BCUT2D eigenvalue weighted by atomic mass is 9.95. The zero-order valence-corrected chi connectivity index (χ0v) is 21.6. The number of para-hydroxylation sites is 1. The third kappa shape index (κ3) is 6.23. The first kappa shape index (κ1) is 24.7. The molecule has 0 bridgehead atoms. The predicted molar refractivity (Wildman–Crippen MR) is 145 cm³/mol. The Hall–Kier alpha value is -2.97. The van der Waals surface area contributed by atoms with Gasteiger partial charge in [-0.15, -0.1) is 0 Å². The molecular weight excluding hydrogens is 470 g/mol. The van der Waals surface area contributed by atoms with Crippen molar-refractivity contribution >= 4 is 38.5 Å². The predicted octanol–water partition coefficient (Wildman–Crippen LogP) is 3.41. The van der Waals surface area contributed by atoms with Crippen LogP contribution in [0.15, 0.2) is 54.6 Å². The summed E-state index contributed by atoms with van der Waals surface area (Å²) in [6, 6.07) is 18.5. The van der Waals surface area contributed by atoms with Gasteiger partial charge < -0.3 is 15.1 Å². The molecule has 2 aromatic carbocycles. The van der Waals surface area contributed by atoms with Gasteiger partial charge in [-0.25, -0.2) is 4.98 Å². The number of carbonyl (C=O) groups excluding carboxylic acids is 2. The molecule has 0 aliphatic carbocycles. The minimum Gasteiger partial charge on any atom is -0.355 e. The molecule has 190 valence electrons. The van der Waals surface area contributed by atoms with Gasteiger partial charge in [0, 0.05) is 51.7 Å². The Kier molecular flexibility index (Phi) is 8.13. The number of rotatable bonds is 7. The van der Waals surface area contributed by atoms with Gasteiger partial charge >= 0.3 is 0 Å². The number of piperidine rings is 1. The van der Waals surface area contributed by atoms with E-state index in [1.165, 1.54) is 10.3 Å². The molecule has 0 unspecified atom stereocenters. The molecule has 0 radical (unpaired) electrons. The van der Waals surface area contributed by atoms with Crippen LogP contribution in [-0.2, 0) is 16.0 Å². The number of benzene rings is 2. The van der Waals surface area contributed by atoms with E-state index in [0.717, 1.165) is 69.1 Å². The summed E-state index contributed by atoms with van der Waals surface area (Å²) in [6.07, 6.45) is 3.50. The number of anilines is 1. The Morgan fingerprint density at radius 1 is 0.917 bits per heavy atom. The van der Waals surface area contributed by atoms with Crippen molar-refractivity contribution in [3.8, 4) is 0 Å². The van der Waals surface area contributed by atoms with Crippen molar-refractivity contribution in [2.45, 2.75) is 25.7 Å². The van der Waals surface area contributed by atoms with Crippen LogP contribution in [0.2, 0.25) is 0 Å². The highest BCUT2D eigenvalue weighted by Gasteiger charge is 2.30. The van der Waals surface area contributed by atoms with Crippen LogP contribution in [0.4, 0.5) is 5.13 Å². The molecule has 0 spiro atoms. The third-order valence-corrected chi connectivity index (χ3v) is 8.34. The molecule has 2 amide bonds. The molecule has 3 heterocycles. The van der Waals surface area contributed by atoms with Crippen LogP contribution in [0.5, 0.6) is 0 Å². The fraction of sp³-hybridized carbons (Fsp3) is 0.464. The first-order chi connectivity index (χ1) is 17.7. The number of carbonyl (C=O) groups is 2. The van der Waals surface area contributed by atoms with Crippen molar-refractivity contribution in [1.29, 1.82) is 0 Å². The van der Waals surface area contributed by atoms with Gasteiger partial charge in [0.25, 0.3) is 0 Å². The van der Waals surface area contributed by atoms with Crippen molar-refractivity contribution in [2.24, 2.45) is 5.92 Å². The van der Waals surface area contributed by atoms with Gasteiger partial charge in [-0.2, -0.15) is 0 Å². The summed E-state index contributed by atoms with van der Waals surface area (Å²) in [4.78, 5) is 37.1. The summed E-state index contributed by atoms with van der Waals surface area (Å²) < 4.78 is 1.21. The Balaban J connectivity index is 1.04. The van der Waals surface area contributed by atoms with E-state index in [2.05, 4.69) is 45.4 Å². The average molecular weight is 506 g/mol. The molecule has 2 saturated heterocycles. The average Bonchev–Trinajstić information content (AvgIpc) is 3.22. The minimum absolute atomic E-state index is 0.0629. The molecule has 2 aliphatic rings. The number of fused-ring (bicyclic) bond motifs is 1. The Morgan fingerprint density at radius 2 is 1.69 bits per heavy atom. The lowest BCUT2D eigenvalue weighted by Gasteiger charge is -2.33. The van der Waals surface area contributed by atoms with Crippen LogP contribution in [-0.4, -0.2) is 79.0 Å². The largest absolute Gasteiger partial charge is 0.355 e. The second-order valence-electron chi connectivity index (χ2n) is 9.77. The van der Waals surface area contributed by atoms with Crippen molar-refractivity contribution < 1.29 is 9.59 Å². The molecular formula is C28H35N5O2S. The fourth-order valence-corrected chi connectivity index (χ4v) is 6.19. The topological polar surface area (TPSA) is 68.8 Å². The molecule has 8 heteroatoms. The van der Waals surface area contributed by atoms with E-state index < -0.39 is 0 Å². The van der Waals surface area contributed by atoms with E-state index >= 15 is 0 Å². The van der Waals surface area contributed by atoms with Gasteiger partial charge in [-0.1, -0.05) is 53.8 Å². The summed E-state index contributed by atoms with van der Waals surface area (Å²) in [5, 5.41) is 4.10. The quantitative estimate of drug-likeness (QED) is 0.533. The molecule has 2 fully saturated rings. The SMILES string of the molecule is O=C(CN1CCCN(C(=O)C2CCN(c3nc4ccccc4s3)CC2)CC1)NCCc1ccccc1. The van der Waals surface area contributed by atoms with Gasteiger partial charge in [0.15, 0.2) is 5.13 Å². The molecule has 3 aromatic rings. The summed E-state index contributed by atoms with van der Waals surface area (Å²) in [5.74, 6) is 0.435. The van der Waals surface area contributed by atoms with E-state index in [1.807, 2.05) is 29.2 Å². The Labute approximate surface area is 217 Å². The molecule has 7 nitrogen and oxygen atoms in total. The third-order valence-electron chi connectivity index (χ3n) is 7.24. The summed E-state index contributed by atoms with van der Waals surface area (Å²) in [6.45, 7) is 5.89. The van der Waals surface area contributed by atoms with E-state index in [4.69, 9.17) is 4.98 Å². The van der Waals surface area contributed by atoms with E-state index in [1.54, 1.807) is 11.3 Å². The lowest BCUT2D eigenvalue weighted by Crippen LogP contribution is -2.44. The Morgan fingerprint density at radius 3 is 2.50 bits per heavy atom. The van der Waals surface area contributed by atoms with E-state index in [9.17, 15) is 9.59 Å². The van der Waals surface area contributed by atoms with E-state index in [0.29, 0.717) is 19.6 Å². The van der Waals surface area contributed by atoms with Gasteiger partial charge in [-0.05, 0) is 43.4 Å². The molecule has 0 saturated carbocycles. The van der Waals surface area contributed by atoms with Gasteiger partial charge in [-0.3, -0.25) is 14.5 Å². The standard InChI is InChI=1S/C28H35N5O2S/c34-26(29-14-11-22-7-2-1-3-8-22)21-31-15-6-16-32(20-19-31)27(35)23-12-17-33(18-13-23)28-30-24-9-4-5-10-25(24)36-28/h1-5,7-10,23H,6,11-21H2,(H,29,34). The lowest BCUT2D eigenvalue weighted by molar-refractivity contribution is -0.136. The molecule has 1 aromatic heterocycles. The van der Waals surface area contributed by atoms with Crippen LogP contribution in [0.3, 0.4) is 0 Å². The second kappa shape index (κ2) is 11.8. The van der Waals surface area contributed by atoms with Crippen molar-refractivity contribution in [3.05, 3.63) is 60.2 Å². The first-order valence-electron chi connectivity index (χ1n) is 13.1. The zero-order chi connectivity index (χ0) is 24.7. The summed E-state index contributed by atoms with van der Waals surface area (Å²) >= 11 is 1.73. The zero-order valence-electron chi connectivity index (χ0n) is 20.8. The molecule has 5 rings (SSSR count). The highest BCUT2D eigenvalue weighted by molar-refractivity contribution is 7.22. The highest BCUT2D eigenvalue weighted by atomic mass is 32.1. The number of amides is 2.